The van der Waals surface area contributed by atoms with E-state index in [-0.39, 0.29) is 11.5 Å². The number of piperidine rings is 1. The lowest BCUT2D eigenvalue weighted by atomic mass is 10.0. The fraction of sp³-hybridized carbons (Fsp3) is 0.524. The maximum absolute atomic E-state index is 13.0. The number of carbonyl (C=O) groups is 1. The zero-order valence-corrected chi connectivity index (χ0v) is 17.8. The van der Waals surface area contributed by atoms with E-state index >= 15 is 0 Å². The Hall–Kier alpha value is -2.35. The van der Waals surface area contributed by atoms with E-state index in [0.29, 0.717) is 34.7 Å². The van der Waals surface area contributed by atoms with Crippen molar-refractivity contribution < 1.29 is 4.79 Å². The van der Waals surface area contributed by atoms with Crippen molar-refractivity contribution in [2.24, 2.45) is 0 Å². The van der Waals surface area contributed by atoms with E-state index in [0.717, 1.165) is 37.7 Å². The van der Waals surface area contributed by atoms with Gasteiger partial charge in [-0.25, -0.2) is 0 Å². The summed E-state index contributed by atoms with van der Waals surface area (Å²) in [4.78, 5) is 27.7. The highest BCUT2D eigenvalue weighted by Gasteiger charge is 2.24. The second kappa shape index (κ2) is 8.57. The average Bonchev–Trinajstić information content (AvgIpc) is 3.16. The summed E-state index contributed by atoms with van der Waals surface area (Å²) in [6, 6.07) is 7.84. The normalized spacial score (nSPS) is 17.3. The van der Waals surface area contributed by atoms with Crippen LogP contribution in [-0.4, -0.2) is 48.3 Å². The van der Waals surface area contributed by atoms with Crippen LogP contribution >= 0.6 is 11.8 Å². The van der Waals surface area contributed by atoms with E-state index in [1.165, 1.54) is 18.2 Å². The Bertz CT molecular complexity index is 1090. The summed E-state index contributed by atoms with van der Waals surface area (Å²) in [6.07, 6.45) is 5.22. The van der Waals surface area contributed by atoms with E-state index in [2.05, 4.69) is 24.0 Å². The molecule has 0 unspecified atom stereocenters. The van der Waals surface area contributed by atoms with Crippen molar-refractivity contribution in [2.75, 3.05) is 12.3 Å². The van der Waals surface area contributed by atoms with Gasteiger partial charge in [-0.05, 0) is 44.7 Å². The fourth-order valence-corrected chi connectivity index (χ4v) is 4.85. The SMILES string of the molecule is CCCCn1c(=O)c2ccccc2n2c(SCC(=O)N3CCCC[C@H]3C)nnc12. The van der Waals surface area contributed by atoms with Crippen molar-refractivity contribution in [3.05, 3.63) is 34.6 Å². The van der Waals surface area contributed by atoms with Crippen LogP contribution in [0.5, 0.6) is 0 Å². The molecule has 1 aliphatic rings. The number of thioether (sulfide) groups is 1. The number of benzene rings is 1. The smallest absolute Gasteiger partial charge is 0.262 e. The molecule has 0 saturated carbocycles. The summed E-state index contributed by atoms with van der Waals surface area (Å²) >= 11 is 1.40. The first kappa shape index (κ1) is 19.9. The molecule has 3 aromatic rings. The number of likely N-dealkylation sites (tertiary alicyclic amines) is 1. The molecule has 0 radical (unpaired) electrons. The van der Waals surface area contributed by atoms with Gasteiger partial charge in [0, 0.05) is 19.1 Å². The van der Waals surface area contributed by atoms with Crippen LogP contribution in [0.4, 0.5) is 0 Å². The number of hydrogen-bond acceptors (Lipinski definition) is 5. The Morgan fingerprint density at radius 2 is 2.07 bits per heavy atom. The number of unbranched alkanes of at least 4 members (excludes halogenated alkanes) is 1. The maximum atomic E-state index is 13.0. The van der Waals surface area contributed by atoms with Gasteiger partial charge in [-0.1, -0.05) is 37.2 Å². The predicted octanol–water partition coefficient (Wildman–Crippen LogP) is 3.34. The van der Waals surface area contributed by atoms with E-state index in [1.807, 2.05) is 33.6 Å². The Labute approximate surface area is 174 Å². The zero-order valence-electron chi connectivity index (χ0n) is 17.0. The lowest BCUT2D eigenvalue weighted by molar-refractivity contribution is -0.131. The van der Waals surface area contributed by atoms with Gasteiger partial charge in [0.15, 0.2) is 5.16 Å². The predicted molar refractivity (Wildman–Crippen MR) is 115 cm³/mol. The number of carbonyl (C=O) groups excluding carboxylic acids is 1. The van der Waals surface area contributed by atoms with Crippen LogP contribution in [0.3, 0.4) is 0 Å². The molecule has 1 saturated heterocycles. The minimum Gasteiger partial charge on any atom is -0.339 e. The topological polar surface area (TPSA) is 72.5 Å². The Kier molecular flexibility index (Phi) is 5.89. The van der Waals surface area contributed by atoms with Crippen molar-refractivity contribution in [3.8, 4) is 0 Å². The molecule has 0 spiro atoms. The molecule has 4 rings (SSSR count). The number of nitrogens with zero attached hydrogens (tertiary/aromatic N) is 5. The van der Waals surface area contributed by atoms with E-state index in [4.69, 9.17) is 0 Å². The van der Waals surface area contributed by atoms with Crippen molar-refractivity contribution in [2.45, 2.75) is 63.7 Å². The summed E-state index contributed by atoms with van der Waals surface area (Å²) in [5.74, 6) is 1.01. The molecule has 0 bridgehead atoms. The van der Waals surface area contributed by atoms with Crippen LogP contribution in [-0.2, 0) is 11.3 Å². The first-order valence-corrected chi connectivity index (χ1v) is 11.4. The van der Waals surface area contributed by atoms with Crippen LogP contribution in [0, 0.1) is 0 Å². The van der Waals surface area contributed by atoms with Crippen LogP contribution in [0.2, 0.25) is 0 Å². The van der Waals surface area contributed by atoms with Gasteiger partial charge in [-0.15, -0.1) is 10.2 Å². The van der Waals surface area contributed by atoms with Crippen molar-refractivity contribution >= 4 is 34.3 Å². The number of rotatable bonds is 6. The highest BCUT2D eigenvalue weighted by molar-refractivity contribution is 7.99. The molecular formula is C21H27N5O2S. The fourth-order valence-electron chi connectivity index (χ4n) is 4.02. The van der Waals surface area contributed by atoms with Crippen LogP contribution in [0.25, 0.3) is 16.7 Å². The first-order chi connectivity index (χ1) is 14.1. The molecule has 0 aliphatic carbocycles. The molecule has 154 valence electrons. The Morgan fingerprint density at radius 3 is 2.86 bits per heavy atom. The van der Waals surface area contributed by atoms with Crippen molar-refractivity contribution in [1.82, 2.24) is 24.1 Å². The Morgan fingerprint density at radius 1 is 1.24 bits per heavy atom. The number of fused-ring (bicyclic) bond motifs is 3. The largest absolute Gasteiger partial charge is 0.339 e. The lowest BCUT2D eigenvalue weighted by Crippen LogP contribution is -2.42. The van der Waals surface area contributed by atoms with Gasteiger partial charge in [0.25, 0.3) is 5.56 Å². The molecule has 1 amide bonds. The molecule has 1 atom stereocenters. The maximum Gasteiger partial charge on any atom is 0.262 e. The molecule has 0 N–H and O–H groups in total. The molecule has 1 aliphatic heterocycles. The summed E-state index contributed by atoms with van der Waals surface area (Å²) in [5, 5.41) is 9.95. The summed E-state index contributed by atoms with van der Waals surface area (Å²) < 4.78 is 3.63. The number of aryl methyl sites for hydroxylation is 1. The van der Waals surface area contributed by atoms with Gasteiger partial charge in [-0.3, -0.25) is 18.6 Å². The van der Waals surface area contributed by atoms with Crippen LogP contribution in [0.1, 0.15) is 46.0 Å². The first-order valence-electron chi connectivity index (χ1n) is 10.4. The minimum absolute atomic E-state index is 0.0382. The van der Waals surface area contributed by atoms with Gasteiger partial charge in [0.2, 0.25) is 11.7 Å². The number of aromatic nitrogens is 4. The van der Waals surface area contributed by atoms with E-state index < -0.39 is 0 Å². The molecule has 29 heavy (non-hydrogen) atoms. The van der Waals surface area contributed by atoms with E-state index in [1.54, 1.807) is 4.57 Å². The number of hydrogen-bond donors (Lipinski definition) is 0. The number of amides is 1. The summed E-state index contributed by atoms with van der Waals surface area (Å²) in [6.45, 7) is 5.66. The number of para-hydroxylation sites is 1. The van der Waals surface area contributed by atoms with Crippen molar-refractivity contribution in [1.29, 1.82) is 0 Å². The highest BCUT2D eigenvalue weighted by atomic mass is 32.2. The standard InChI is InChI=1S/C21H27N5O2S/c1-3-4-12-25-19(28)16-10-5-6-11-17(16)26-20(25)22-23-21(26)29-14-18(27)24-13-8-7-9-15(24)2/h5-6,10-11,15H,3-4,7-9,12-14H2,1-2H3/t15-/m1/s1. The quantitative estimate of drug-likeness (QED) is 0.580. The average molecular weight is 414 g/mol. The minimum atomic E-state index is -0.0382. The van der Waals surface area contributed by atoms with Crippen molar-refractivity contribution in [3.63, 3.8) is 0 Å². The monoisotopic (exact) mass is 413 g/mol. The van der Waals surface area contributed by atoms with Crippen LogP contribution in [0.15, 0.2) is 34.2 Å². The van der Waals surface area contributed by atoms with Gasteiger partial charge in [0.1, 0.15) is 0 Å². The summed E-state index contributed by atoms with van der Waals surface area (Å²) in [7, 11) is 0. The van der Waals surface area contributed by atoms with Gasteiger partial charge < -0.3 is 4.90 Å². The lowest BCUT2D eigenvalue weighted by Gasteiger charge is -2.33. The summed E-state index contributed by atoms with van der Waals surface area (Å²) in [5.41, 5.74) is 0.746. The zero-order chi connectivity index (χ0) is 20.4. The third kappa shape index (κ3) is 3.77. The molecule has 1 aromatic carbocycles. The second-order valence-corrected chi connectivity index (χ2v) is 8.61. The van der Waals surface area contributed by atoms with Gasteiger partial charge in [-0.2, -0.15) is 0 Å². The van der Waals surface area contributed by atoms with Gasteiger partial charge >= 0.3 is 0 Å². The molecule has 1 fully saturated rings. The van der Waals surface area contributed by atoms with E-state index in [9.17, 15) is 9.59 Å². The molecular weight excluding hydrogens is 386 g/mol. The molecule has 2 aromatic heterocycles. The molecule has 3 heterocycles. The second-order valence-electron chi connectivity index (χ2n) is 7.67. The Balaban J connectivity index is 1.69. The van der Waals surface area contributed by atoms with Crippen LogP contribution < -0.4 is 5.56 Å². The third-order valence-electron chi connectivity index (χ3n) is 5.66. The highest BCUT2D eigenvalue weighted by Crippen LogP contribution is 2.24. The molecule has 8 heteroatoms. The third-order valence-corrected chi connectivity index (χ3v) is 6.58. The molecule has 7 nitrogen and oxygen atoms in total. The van der Waals surface area contributed by atoms with Gasteiger partial charge in [0.05, 0.1) is 16.7 Å².